The van der Waals surface area contributed by atoms with E-state index in [9.17, 15) is 0 Å². The predicted octanol–water partition coefficient (Wildman–Crippen LogP) is 1.30. The minimum Gasteiger partial charge on any atom is -0.207 e. The maximum absolute atomic E-state index is 4.32. The third kappa shape index (κ3) is 1.62. The van der Waals surface area contributed by atoms with Gasteiger partial charge < -0.3 is 0 Å². The van der Waals surface area contributed by atoms with Crippen LogP contribution in [0.25, 0.3) is 0 Å². The number of nitrogens with zero attached hydrogens (tertiary/aromatic N) is 5. The summed E-state index contributed by atoms with van der Waals surface area (Å²) in [5.41, 5.74) is 1.02. The van der Waals surface area contributed by atoms with Crippen LogP contribution in [0.1, 0.15) is 13.3 Å². The van der Waals surface area contributed by atoms with Crippen LogP contribution in [0.4, 0.5) is 5.95 Å². The molecule has 0 saturated carbocycles. The van der Waals surface area contributed by atoms with E-state index in [1.54, 1.807) is 22.8 Å². The maximum atomic E-state index is 4.32. The molecule has 6 heteroatoms. The molecule has 0 saturated heterocycles. The molecule has 0 bridgehead atoms. The fraction of sp³-hybridized carbons (Fsp3) is 0.429. The van der Waals surface area contributed by atoms with Gasteiger partial charge in [0.1, 0.15) is 6.33 Å². The van der Waals surface area contributed by atoms with E-state index < -0.39 is 0 Å². The first kappa shape index (κ1) is 8.43. The Morgan fingerprint density at radius 1 is 1.54 bits per heavy atom. The van der Waals surface area contributed by atoms with Crippen LogP contribution in [-0.4, -0.2) is 31.9 Å². The third-order valence-corrected chi connectivity index (χ3v) is 2.37. The van der Waals surface area contributed by atoms with Gasteiger partial charge in [-0.2, -0.15) is 9.78 Å². The highest BCUT2D eigenvalue weighted by atomic mass is 32.2. The van der Waals surface area contributed by atoms with Gasteiger partial charge in [0.2, 0.25) is 0 Å². The van der Waals surface area contributed by atoms with Crippen molar-refractivity contribution in [2.24, 2.45) is 10.1 Å². The summed E-state index contributed by atoms with van der Waals surface area (Å²) in [6.45, 7) is 1.97. The van der Waals surface area contributed by atoms with E-state index in [0.717, 1.165) is 17.2 Å². The molecular formula is C7H9N5S. The molecule has 0 spiro atoms. The monoisotopic (exact) mass is 195 g/mol. The van der Waals surface area contributed by atoms with Gasteiger partial charge in [0, 0.05) is 12.1 Å². The number of aliphatic imine (C=N–C) groups is 1. The van der Waals surface area contributed by atoms with Crippen LogP contribution in [0.3, 0.4) is 0 Å². The van der Waals surface area contributed by atoms with Crippen molar-refractivity contribution in [3.05, 3.63) is 6.33 Å². The third-order valence-electron chi connectivity index (χ3n) is 1.66. The molecule has 0 unspecified atom stereocenters. The molecule has 1 aromatic heterocycles. The van der Waals surface area contributed by atoms with Crippen LogP contribution in [0.15, 0.2) is 16.4 Å². The molecule has 1 aliphatic rings. The Balaban J connectivity index is 2.49. The zero-order chi connectivity index (χ0) is 9.26. The van der Waals surface area contributed by atoms with Gasteiger partial charge in [0.15, 0.2) is 0 Å². The quantitative estimate of drug-likeness (QED) is 0.627. The molecule has 13 heavy (non-hydrogen) atoms. The first-order chi connectivity index (χ1) is 6.29. The lowest BCUT2D eigenvalue weighted by atomic mass is 10.3. The average Bonchev–Trinajstić information content (AvgIpc) is 2.46. The molecule has 5 nitrogen and oxygen atoms in total. The van der Waals surface area contributed by atoms with E-state index in [1.807, 2.05) is 13.2 Å². The predicted molar refractivity (Wildman–Crippen MR) is 53.8 cm³/mol. The zero-order valence-electron chi connectivity index (χ0n) is 7.43. The molecule has 68 valence electrons. The Labute approximate surface area is 80.0 Å². The molecular weight excluding hydrogens is 186 g/mol. The minimum atomic E-state index is 0.557. The Hall–Kier alpha value is -1.17. The highest BCUT2D eigenvalue weighted by Gasteiger charge is 2.10. The van der Waals surface area contributed by atoms with Crippen LogP contribution in [0.2, 0.25) is 0 Å². The second-order valence-corrected chi connectivity index (χ2v) is 3.58. The van der Waals surface area contributed by atoms with Crippen molar-refractivity contribution >= 4 is 28.5 Å². The molecule has 0 N–H and O–H groups in total. The molecule has 2 rings (SSSR count). The van der Waals surface area contributed by atoms with Crippen molar-refractivity contribution in [3.8, 4) is 0 Å². The molecule has 0 aromatic carbocycles. The van der Waals surface area contributed by atoms with E-state index in [0.29, 0.717) is 5.95 Å². The lowest BCUT2D eigenvalue weighted by Gasteiger charge is -1.96. The van der Waals surface area contributed by atoms with Crippen molar-refractivity contribution in [1.82, 2.24) is 14.9 Å². The van der Waals surface area contributed by atoms with Gasteiger partial charge in [-0.25, -0.2) is 4.99 Å². The fourth-order valence-electron chi connectivity index (χ4n) is 1.07. The van der Waals surface area contributed by atoms with E-state index in [-0.39, 0.29) is 0 Å². The van der Waals surface area contributed by atoms with Crippen molar-refractivity contribution in [1.29, 1.82) is 0 Å². The van der Waals surface area contributed by atoms with Gasteiger partial charge in [-0.3, -0.25) is 0 Å². The molecule has 0 aliphatic carbocycles. The topological polar surface area (TPSA) is 55.4 Å². The normalized spacial score (nSPS) is 15.8. The fourth-order valence-corrected chi connectivity index (χ4v) is 1.60. The summed E-state index contributed by atoms with van der Waals surface area (Å²) < 4.78 is 1.60. The van der Waals surface area contributed by atoms with Crippen molar-refractivity contribution in [2.45, 2.75) is 13.3 Å². The first-order valence-corrected chi connectivity index (χ1v) is 5.08. The Bertz CT molecular complexity index is 378. The number of aromatic nitrogens is 3. The van der Waals surface area contributed by atoms with Gasteiger partial charge >= 0.3 is 0 Å². The number of hydrogen-bond donors (Lipinski definition) is 0. The summed E-state index contributed by atoms with van der Waals surface area (Å²) in [6, 6.07) is 0. The van der Waals surface area contributed by atoms with Gasteiger partial charge in [-0.1, -0.05) is 0 Å². The lowest BCUT2D eigenvalue weighted by molar-refractivity contribution is 0.874. The molecule has 0 fully saturated rings. The van der Waals surface area contributed by atoms with Crippen LogP contribution >= 0.6 is 11.8 Å². The van der Waals surface area contributed by atoms with E-state index >= 15 is 0 Å². The van der Waals surface area contributed by atoms with Crippen LogP contribution in [-0.2, 0) is 0 Å². The highest BCUT2D eigenvalue weighted by molar-refractivity contribution is 8.13. The van der Waals surface area contributed by atoms with Gasteiger partial charge in [0.25, 0.3) is 5.95 Å². The number of fused-ring (bicyclic) bond motifs is 1. The SMILES string of the molecule is CSC1=Nc2nncn2N=C(C)C1. The summed E-state index contributed by atoms with van der Waals surface area (Å²) >= 11 is 1.62. The Morgan fingerprint density at radius 2 is 2.38 bits per heavy atom. The zero-order valence-corrected chi connectivity index (χ0v) is 8.25. The van der Waals surface area contributed by atoms with E-state index in [2.05, 4.69) is 20.3 Å². The summed E-state index contributed by atoms with van der Waals surface area (Å²) in [5.74, 6) is 0.557. The molecule has 2 heterocycles. The van der Waals surface area contributed by atoms with Crippen LogP contribution in [0, 0.1) is 0 Å². The molecule has 0 amide bonds. The first-order valence-electron chi connectivity index (χ1n) is 3.85. The largest absolute Gasteiger partial charge is 0.272 e. The van der Waals surface area contributed by atoms with Crippen LogP contribution in [0.5, 0.6) is 0 Å². The summed E-state index contributed by atoms with van der Waals surface area (Å²) in [7, 11) is 0. The average molecular weight is 195 g/mol. The second kappa shape index (κ2) is 3.29. The molecule has 1 aliphatic heterocycles. The maximum Gasteiger partial charge on any atom is 0.272 e. The smallest absolute Gasteiger partial charge is 0.207 e. The Morgan fingerprint density at radius 3 is 3.15 bits per heavy atom. The number of hydrogen-bond acceptors (Lipinski definition) is 5. The van der Waals surface area contributed by atoms with Crippen LogP contribution < -0.4 is 0 Å². The second-order valence-electron chi connectivity index (χ2n) is 2.70. The lowest BCUT2D eigenvalue weighted by Crippen LogP contribution is -1.99. The van der Waals surface area contributed by atoms with E-state index in [4.69, 9.17) is 0 Å². The number of rotatable bonds is 0. The van der Waals surface area contributed by atoms with Crippen molar-refractivity contribution in [3.63, 3.8) is 0 Å². The van der Waals surface area contributed by atoms with E-state index in [1.165, 1.54) is 0 Å². The minimum absolute atomic E-state index is 0.557. The summed E-state index contributed by atoms with van der Waals surface area (Å²) in [4.78, 5) is 4.32. The summed E-state index contributed by atoms with van der Waals surface area (Å²) in [6.07, 6.45) is 4.36. The molecule has 0 radical (unpaired) electrons. The number of thioether (sulfide) groups is 1. The molecule has 1 aromatic rings. The van der Waals surface area contributed by atoms with Crippen molar-refractivity contribution < 1.29 is 0 Å². The standard InChI is InChI=1S/C7H9N5S/c1-5-3-6(13-2)9-7-10-8-4-12(7)11-5/h4H,3H2,1-2H3. The Kier molecular flexibility index (Phi) is 2.13. The summed E-state index contributed by atoms with van der Waals surface area (Å²) in [5, 5.41) is 12.9. The molecule has 0 atom stereocenters. The highest BCUT2D eigenvalue weighted by Crippen LogP contribution is 2.16. The van der Waals surface area contributed by atoms with Gasteiger partial charge in [0.05, 0.1) is 5.04 Å². The van der Waals surface area contributed by atoms with Crippen molar-refractivity contribution in [2.75, 3.05) is 6.26 Å². The van der Waals surface area contributed by atoms with Gasteiger partial charge in [-0.05, 0) is 13.2 Å². The van der Waals surface area contributed by atoms with Gasteiger partial charge in [-0.15, -0.1) is 22.0 Å².